The number of nitrogens with two attached hydrogens (primary N) is 1. The Kier molecular flexibility index (Phi) is 2.65. The van der Waals surface area contributed by atoms with Crippen LogP contribution in [-0.4, -0.2) is 4.98 Å². The third-order valence-corrected chi connectivity index (χ3v) is 2.94. The number of hydrogen-bond donors (Lipinski definition) is 1. The molecular weight excluding hydrogens is 196 g/mol. The maximum atomic E-state index is 5.59. The third kappa shape index (κ3) is 1.91. The van der Waals surface area contributed by atoms with Crippen LogP contribution in [0.2, 0.25) is 0 Å². The average Bonchev–Trinajstić information content (AvgIpc) is 2.25. The first-order chi connectivity index (χ1) is 7.58. The first-order valence-corrected chi connectivity index (χ1v) is 5.37. The quantitative estimate of drug-likeness (QED) is 0.788. The van der Waals surface area contributed by atoms with Crippen LogP contribution < -0.4 is 5.73 Å². The van der Waals surface area contributed by atoms with Gasteiger partial charge in [0, 0.05) is 11.8 Å². The van der Waals surface area contributed by atoms with Crippen LogP contribution in [0.5, 0.6) is 0 Å². The lowest BCUT2D eigenvalue weighted by molar-refractivity contribution is 1.28. The van der Waals surface area contributed by atoms with E-state index in [0.717, 1.165) is 5.56 Å². The summed E-state index contributed by atoms with van der Waals surface area (Å²) in [6.07, 6.45) is 1.83. The predicted molar refractivity (Wildman–Crippen MR) is 68.3 cm³/mol. The molecule has 0 aliphatic heterocycles. The molecule has 0 radical (unpaired) electrons. The molecule has 2 rings (SSSR count). The van der Waals surface area contributed by atoms with Crippen molar-refractivity contribution in [3.8, 4) is 11.1 Å². The molecule has 0 saturated carbocycles. The fraction of sp³-hybridized carbons (Fsp3) is 0.214. The van der Waals surface area contributed by atoms with Crippen molar-refractivity contribution in [2.45, 2.75) is 20.8 Å². The molecule has 2 aromatic rings. The van der Waals surface area contributed by atoms with E-state index in [0.29, 0.717) is 5.82 Å². The monoisotopic (exact) mass is 212 g/mol. The SMILES string of the molecule is Cc1cc(C)c(-c2ccc(N)nc2)cc1C. The molecule has 0 aliphatic rings. The molecule has 2 N–H and O–H groups in total. The minimum atomic E-state index is 0.560. The number of pyridine rings is 1. The topological polar surface area (TPSA) is 38.9 Å². The molecule has 0 aliphatic carbocycles. The summed E-state index contributed by atoms with van der Waals surface area (Å²) in [7, 11) is 0. The fourth-order valence-electron chi connectivity index (χ4n) is 1.84. The number of nitrogens with zero attached hydrogens (tertiary/aromatic N) is 1. The predicted octanol–water partition coefficient (Wildman–Crippen LogP) is 3.26. The summed E-state index contributed by atoms with van der Waals surface area (Å²) in [6.45, 7) is 6.38. The largest absolute Gasteiger partial charge is 0.384 e. The van der Waals surface area contributed by atoms with Gasteiger partial charge < -0.3 is 5.73 Å². The van der Waals surface area contributed by atoms with Crippen LogP contribution >= 0.6 is 0 Å². The van der Waals surface area contributed by atoms with Gasteiger partial charge in [0.2, 0.25) is 0 Å². The van der Waals surface area contributed by atoms with E-state index in [4.69, 9.17) is 5.73 Å². The van der Waals surface area contributed by atoms with E-state index >= 15 is 0 Å². The van der Waals surface area contributed by atoms with Gasteiger partial charge in [-0.2, -0.15) is 0 Å². The maximum absolute atomic E-state index is 5.59. The molecule has 1 heterocycles. The molecule has 2 nitrogen and oxygen atoms in total. The van der Waals surface area contributed by atoms with Crippen LogP contribution in [0.15, 0.2) is 30.5 Å². The second kappa shape index (κ2) is 3.97. The summed E-state index contributed by atoms with van der Waals surface area (Å²) in [5.74, 6) is 0.560. The third-order valence-electron chi connectivity index (χ3n) is 2.94. The number of benzene rings is 1. The number of rotatable bonds is 1. The Morgan fingerprint density at radius 1 is 0.938 bits per heavy atom. The minimum absolute atomic E-state index is 0.560. The molecule has 0 atom stereocenters. The molecular formula is C14H16N2. The van der Waals surface area contributed by atoms with Crippen molar-refractivity contribution in [2.75, 3.05) is 5.73 Å². The van der Waals surface area contributed by atoms with Crippen LogP contribution in [0.4, 0.5) is 5.82 Å². The smallest absolute Gasteiger partial charge is 0.123 e. The van der Waals surface area contributed by atoms with Gasteiger partial charge in [0.05, 0.1) is 0 Å². The molecule has 0 bridgehead atoms. The van der Waals surface area contributed by atoms with Crippen LogP contribution in [0.1, 0.15) is 16.7 Å². The van der Waals surface area contributed by atoms with E-state index in [2.05, 4.69) is 37.9 Å². The van der Waals surface area contributed by atoms with Crippen molar-refractivity contribution in [2.24, 2.45) is 0 Å². The molecule has 1 aromatic heterocycles. The van der Waals surface area contributed by atoms with E-state index in [1.54, 1.807) is 0 Å². The lowest BCUT2D eigenvalue weighted by Gasteiger charge is -2.09. The highest BCUT2D eigenvalue weighted by atomic mass is 14.8. The van der Waals surface area contributed by atoms with Crippen LogP contribution in [-0.2, 0) is 0 Å². The van der Waals surface area contributed by atoms with Gasteiger partial charge in [-0.15, -0.1) is 0 Å². The van der Waals surface area contributed by atoms with Crippen LogP contribution in [0, 0.1) is 20.8 Å². The van der Waals surface area contributed by atoms with Crippen molar-refractivity contribution in [3.05, 3.63) is 47.2 Å². The summed E-state index contributed by atoms with van der Waals surface area (Å²) >= 11 is 0. The Hall–Kier alpha value is -1.83. The number of nitrogen functional groups attached to an aromatic ring is 1. The maximum Gasteiger partial charge on any atom is 0.123 e. The Morgan fingerprint density at radius 3 is 2.25 bits per heavy atom. The molecule has 1 aromatic carbocycles. The zero-order chi connectivity index (χ0) is 11.7. The van der Waals surface area contributed by atoms with Gasteiger partial charge >= 0.3 is 0 Å². The molecule has 16 heavy (non-hydrogen) atoms. The van der Waals surface area contributed by atoms with E-state index in [1.807, 2.05) is 18.3 Å². The second-order valence-electron chi connectivity index (χ2n) is 4.22. The molecule has 0 unspecified atom stereocenters. The molecule has 0 spiro atoms. The Morgan fingerprint density at radius 2 is 1.62 bits per heavy atom. The molecule has 2 heteroatoms. The lowest BCUT2D eigenvalue weighted by atomic mass is 9.96. The molecule has 0 amide bonds. The fourth-order valence-corrected chi connectivity index (χ4v) is 1.84. The molecule has 0 saturated heterocycles. The lowest BCUT2D eigenvalue weighted by Crippen LogP contribution is -1.92. The van der Waals surface area contributed by atoms with Crippen molar-refractivity contribution < 1.29 is 0 Å². The van der Waals surface area contributed by atoms with Crippen molar-refractivity contribution in [1.82, 2.24) is 4.98 Å². The number of aryl methyl sites for hydroxylation is 3. The number of anilines is 1. The number of aromatic nitrogens is 1. The molecule has 82 valence electrons. The minimum Gasteiger partial charge on any atom is -0.384 e. The number of hydrogen-bond acceptors (Lipinski definition) is 2. The van der Waals surface area contributed by atoms with Gasteiger partial charge in [-0.25, -0.2) is 4.98 Å². The van der Waals surface area contributed by atoms with E-state index in [-0.39, 0.29) is 0 Å². The zero-order valence-electron chi connectivity index (χ0n) is 9.91. The zero-order valence-corrected chi connectivity index (χ0v) is 9.91. The van der Waals surface area contributed by atoms with Gasteiger partial charge in [0.15, 0.2) is 0 Å². The first-order valence-electron chi connectivity index (χ1n) is 5.37. The van der Waals surface area contributed by atoms with Gasteiger partial charge in [-0.05, 0) is 55.2 Å². The van der Waals surface area contributed by atoms with Gasteiger partial charge in [-0.1, -0.05) is 12.1 Å². The van der Waals surface area contributed by atoms with Crippen LogP contribution in [0.25, 0.3) is 11.1 Å². The normalized spacial score (nSPS) is 10.4. The summed E-state index contributed by atoms with van der Waals surface area (Å²) in [5.41, 5.74) is 11.8. The highest BCUT2D eigenvalue weighted by Gasteiger charge is 2.04. The highest BCUT2D eigenvalue weighted by Crippen LogP contribution is 2.26. The Bertz CT molecular complexity index is 513. The van der Waals surface area contributed by atoms with E-state index in [1.165, 1.54) is 22.3 Å². The molecule has 0 fully saturated rings. The Labute approximate surface area is 96.1 Å². The van der Waals surface area contributed by atoms with Gasteiger partial charge in [0.25, 0.3) is 0 Å². The summed E-state index contributed by atoms with van der Waals surface area (Å²) in [4.78, 5) is 4.13. The standard InChI is InChI=1S/C14H16N2/c1-9-6-11(3)13(7-10(9)2)12-4-5-14(15)16-8-12/h4-8H,1-3H3,(H2,15,16). The van der Waals surface area contributed by atoms with Crippen LogP contribution in [0.3, 0.4) is 0 Å². The summed E-state index contributed by atoms with van der Waals surface area (Å²) < 4.78 is 0. The second-order valence-corrected chi connectivity index (χ2v) is 4.22. The van der Waals surface area contributed by atoms with E-state index in [9.17, 15) is 0 Å². The summed E-state index contributed by atoms with van der Waals surface area (Å²) in [5, 5.41) is 0. The first kappa shape index (κ1) is 10.7. The van der Waals surface area contributed by atoms with Crippen molar-refractivity contribution in [1.29, 1.82) is 0 Å². The van der Waals surface area contributed by atoms with Gasteiger partial charge in [0.1, 0.15) is 5.82 Å². The average molecular weight is 212 g/mol. The van der Waals surface area contributed by atoms with E-state index < -0.39 is 0 Å². The highest BCUT2D eigenvalue weighted by molar-refractivity contribution is 5.68. The Balaban J connectivity index is 2.56. The van der Waals surface area contributed by atoms with Crippen molar-refractivity contribution >= 4 is 5.82 Å². The van der Waals surface area contributed by atoms with Crippen molar-refractivity contribution in [3.63, 3.8) is 0 Å². The summed E-state index contributed by atoms with van der Waals surface area (Å²) in [6, 6.07) is 8.27. The van der Waals surface area contributed by atoms with Gasteiger partial charge in [-0.3, -0.25) is 0 Å².